The molecular formula is C24H28FN5O5S. The first-order valence-corrected chi connectivity index (χ1v) is 13.5. The number of anilines is 1. The van der Waals surface area contributed by atoms with Crippen LogP contribution in [-0.2, 0) is 23.0 Å². The van der Waals surface area contributed by atoms with Gasteiger partial charge in [-0.05, 0) is 63.4 Å². The van der Waals surface area contributed by atoms with E-state index in [1.54, 1.807) is 17.6 Å². The Labute approximate surface area is 208 Å². The van der Waals surface area contributed by atoms with E-state index in [0.29, 0.717) is 43.5 Å². The number of aromatic nitrogens is 2. The minimum Gasteiger partial charge on any atom is -0.393 e. The number of aliphatic hydroxyl groups excluding tert-OH is 1. The zero-order valence-corrected chi connectivity index (χ0v) is 20.6. The summed E-state index contributed by atoms with van der Waals surface area (Å²) >= 11 is 0. The first-order valence-electron chi connectivity index (χ1n) is 12.0. The van der Waals surface area contributed by atoms with Crippen LogP contribution >= 0.6 is 0 Å². The number of hydrogen-bond acceptors (Lipinski definition) is 7. The third kappa shape index (κ3) is 4.20. The minimum atomic E-state index is -4.00. The number of hydrogen-bond donors (Lipinski definition) is 4. The highest BCUT2D eigenvalue weighted by atomic mass is 32.2. The molecule has 1 aliphatic heterocycles. The first-order chi connectivity index (χ1) is 17.0. The number of carbonyl (C=O) groups excluding carboxylic acids is 1. The van der Waals surface area contributed by atoms with Crippen molar-refractivity contribution >= 4 is 21.6 Å². The summed E-state index contributed by atoms with van der Waals surface area (Å²) in [5.74, 6) is -1.67. The number of pyridine rings is 1. The molecule has 2 atom stereocenters. The monoisotopic (exact) mass is 517 g/mol. The average Bonchev–Trinajstić information content (AvgIpc) is 3.44. The Morgan fingerprint density at radius 1 is 1.33 bits per heavy atom. The zero-order valence-electron chi connectivity index (χ0n) is 19.8. The van der Waals surface area contributed by atoms with Crippen molar-refractivity contribution in [3.05, 3.63) is 40.7 Å². The molecule has 1 amide bonds. The number of nitriles is 1. The van der Waals surface area contributed by atoms with Gasteiger partial charge in [-0.25, -0.2) is 18.1 Å². The number of amides is 1. The second kappa shape index (κ2) is 8.92. The van der Waals surface area contributed by atoms with E-state index in [-0.39, 0.29) is 46.5 Å². The lowest BCUT2D eigenvalue weighted by atomic mass is 9.75. The summed E-state index contributed by atoms with van der Waals surface area (Å²) in [5, 5.41) is 31.8. The van der Waals surface area contributed by atoms with E-state index in [1.807, 2.05) is 0 Å². The van der Waals surface area contributed by atoms with Crippen molar-refractivity contribution in [3.63, 3.8) is 0 Å². The molecule has 2 aromatic heterocycles. The maximum atomic E-state index is 13.8. The second-order valence-electron chi connectivity index (χ2n) is 10.2. The lowest BCUT2D eigenvalue weighted by Gasteiger charge is -2.40. The van der Waals surface area contributed by atoms with E-state index < -0.39 is 27.5 Å². The van der Waals surface area contributed by atoms with Gasteiger partial charge in [-0.15, -0.1) is 0 Å². The number of nitrogens with one attached hydrogen (secondary N) is 2. The lowest BCUT2D eigenvalue weighted by Crippen LogP contribution is -2.51. The zero-order chi connectivity index (χ0) is 25.8. The van der Waals surface area contributed by atoms with E-state index in [0.717, 1.165) is 18.9 Å². The molecule has 0 radical (unpaired) electrons. The van der Waals surface area contributed by atoms with Gasteiger partial charge in [0.05, 0.1) is 12.2 Å². The van der Waals surface area contributed by atoms with E-state index in [4.69, 9.17) is 5.26 Å². The average molecular weight is 518 g/mol. The Hall–Kier alpha value is -2.85. The van der Waals surface area contributed by atoms with Crippen LogP contribution in [0.25, 0.3) is 0 Å². The van der Waals surface area contributed by atoms with Crippen LogP contribution in [0.15, 0.2) is 17.0 Å². The molecule has 10 nitrogen and oxygen atoms in total. The van der Waals surface area contributed by atoms with Gasteiger partial charge in [0, 0.05) is 35.6 Å². The molecule has 4 N–H and O–H groups in total. The summed E-state index contributed by atoms with van der Waals surface area (Å²) in [4.78, 5) is 16.7. The van der Waals surface area contributed by atoms with Gasteiger partial charge in [0.25, 0.3) is 5.91 Å². The summed E-state index contributed by atoms with van der Waals surface area (Å²) in [6.07, 6.45) is 3.39. The van der Waals surface area contributed by atoms with E-state index in [9.17, 15) is 27.8 Å². The Morgan fingerprint density at radius 2 is 2.03 bits per heavy atom. The van der Waals surface area contributed by atoms with Gasteiger partial charge < -0.3 is 20.1 Å². The SMILES string of the molecule is Cc1c(S(=O)(=O)NC2C3CCC2CC(O)(CO)C3)c2n(c1C(=O)Nc1cc(F)nc(C#N)c1)CCC2. The van der Waals surface area contributed by atoms with Gasteiger partial charge in [0.15, 0.2) is 0 Å². The Kier molecular flexibility index (Phi) is 6.15. The number of carbonyl (C=O) groups is 1. The molecule has 2 saturated carbocycles. The molecule has 2 fully saturated rings. The van der Waals surface area contributed by atoms with Crippen LogP contribution in [0.1, 0.15) is 59.5 Å². The third-order valence-corrected chi connectivity index (χ3v) is 9.45. The predicted molar refractivity (Wildman–Crippen MR) is 126 cm³/mol. The van der Waals surface area contributed by atoms with Crippen LogP contribution in [-0.4, -0.2) is 52.3 Å². The summed E-state index contributed by atoms with van der Waals surface area (Å²) in [6, 6.07) is 3.63. The summed E-state index contributed by atoms with van der Waals surface area (Å²) in [6.45, 7) is 1.71. The maximum Gasteiger partial charge on any atom is 0.272 e. The molecule has 36 heavy (non-hydrogen) atoms. The third-order valence-electron chi connectivity index (χ3n) is 7.79. The summed E-state index contributed by atoms with van der Waals surface area (Å²) in [7, 11) is -4.00. The molecular weight excluding hydrogens is 489 g/mol. The number of fused-ring (bicyclic) bond motifs is 3. The van der Waals surface area contributed by atoms with Crippen molar-refractivity contribution in [1.82, 2.24) is 14.3 Å². The van der Waals surface area contributed by atoms with Crippen molar-refractivity contribution in [2.45, 2.75) is 68.5 Å². The van der Waals surface area contributed by atoms with Crippen LogP contribution in [0.3, 0.4) is 0 Å². The van der Waals surface area contributed by atoms with Crippen molar-refractivity contribution in [3.8, 4) is 6.07 Å². The standard InChI is InChI=1S/C24H28FN5O5S/c1-13-21(23(32)28-16-7-17(11-26)27-19(25)8-16)30-6-2-3-18(30)22(13)36(34,35)29-20-14-4-5-15(20)10-24(33,9-14)12-31/h7-8,14-15,20,29,31,33H,2-6,9-10,12H2,1H3,(H,27,28,32). The van der Waals surface area contributed by atoms with E-state index >= 15 is 0 Å². The number of rotatable bonds is 6. The fraction of sp³-hybridized carbons (Fsp3) is 0.542. The van der Waals surface area contributed by atoms with Crippen molar-refractivity contribution in [1.29, 1.82) is 5.26 Å². The van der Waals surface area contributed by atoms with Crippen LogP contribution in [0, 0.1) is 36.0 Å². The predicted octanol–water partition coefficient (Wildman–Crippen LogP) is 1.59. The molecule has 2 unspecified atom stereocenters. The second-order valence-corrected chi connectivity index (χ2v) is 11.8. The van der Waals surface area contributed by atoms with Crippen LogP contribution in [0.2, 0.25) is 0 Å². The number of sulfonamides is 1. The molecule has 3 heterocycles. The normalized spacial score (nSPS) is 27.0. The maximum absolute atomic E-state index is 13.8. The molecule has 0 aromatic carbocycles. The van der Waals surface area contributed by atoms with Crippen molar-refractivity contribution in [2.75, 3.05) is 11.9 Å². The highest BCUT2D eigenvalue weighted by molar-refractivity contribution is 7.89. The van der Waals surface area contributed by atoms with Gasteiger partial charge in [-0.1, -0.05) is 0 Å². The fourth-order valence-corrected chi connectivity index (χ4v) is 8.28. The van der Waals surface area contributed by atoms with Crippen LogP contribution in [0.4, 0.5) is 10.1 Å². The van der Waals surface area contributed by atoms with Gasteiger partial charge in [-0.2, -0.15) is 9.65 Å². The van der Waals surface area contributed by atoms with Crippen molar-refractivity contribution < 1.29 is 27.8 Å². The molecule has 2 aliphatic carbocycles. The van der Waals surface area contributed by atoms with Gasteiger partial charge in [0.2, 0.25) is 16.0 Å². The molecule has 0 spiro atoms. The van der Waals surface area contributed by atoms with E-state index in [2.05, 4.69) is 15.0 Å². The molecule has 0 saturated heterocycles. The fourth-order valence-electron chi connectivity index (χ4n) is 6.40. The van der Waals surface area contributed by atoms with Crippen LogP contribution < -0.4 is 10.0 Å². The Morgan fingerprint density at radius 3 is 2.67 bits per heavy atom. The highest BCUT2D eigenvalue weighted by Crippen LogP contribution is 2.47. The molecule has 5 rings (SSSR count). The Balaban J connectivity index is 1.45. The topological polar surface area (TPSA) is 157 Å². The number of nitrogens with zero attached hydrogens (tertiary/aromatic N) is 3. The number of aliphatic hydroxyl groups is 2. The highest BCUT2D eigenvalue weighted by Gasteiger charge is 2.50. The van der Waals surface area contributed by atoms with E-state index in [1.165, 1.54) is 6.07 Å². The molecule has 192 valence electrons. The summed E-state index contributed by atoms with van der Waals surface area (Å²) < 4.78 is 45.7. The molecule has 3 aliphatic rings. The quantitative estimate of drug-likeness (QED) is 0.424. The minimum absolute atomic E-state index is 0.0506. The lowest BCUT2D eigenvalue weighted by molar-refractivity contribution is -0.0672. The first kappa shape index (κ1) is 24.8. The van der Waals surface area contributed by atoms with Gasteiger partial charge >= 0.3 is 0 Å². The molecule has 2 bridgehead atoms. The Bertz CT molecular complexity index is 1370. The molecule has 12 heteroatoms. The number of halogens is 1. The largest absolute Gasteiger partial charge is 0.393 e. The molecule has 2 aromatic rings. The smallest absolute Gasteiger partial charge is 0.272 e. The van der Waals surface area contributed by atoms with Crippen LogP contribution in [0.5, 0.6) is 0 Å². The van der Waals surface area contributed by atoms with Crippen molar-refractivity contribution in [2.24, 2.45) is 11.8 Å². The van der Waals surface area contributed by atoms with Gasteiger partial charge in [-0.3, -0.25) is 4.79 Å². The van der Waals surface area contributed by atoms with Gasteiger partial charge in [0.1, 0.15) is 22.4 Å². The summed E-state index contributed by atoms with van der Waals surface area (Å²) in [5.41, 5.74) is -0.275.